The van der Waals surface area contributed by atoms with Crippen LogP contribution < -0.4 is 14.9 Å². The van der Waals surface area contributed by atoms with Crippen LogP contribution in [0.1, 0.15) is 15.9 Å². The number of amides is 1. The van der Waals surface area contributed by atoms with Crippen LogP contribution in [0.15, 0.2) is 75.4 Å². The van der Waals surface area contributed by atoms with Crippen LogP contribution in [0.2, 0.25) is 0 Å². The van der Waals surface area contributed by atoms with Crippen molar-refractivity contribution in [1.82, 2.24) is 5.43 Å². The van der Waals surface area contributed by atoms with Crippen molar-refractivity contribution in [2.45, 2.75) is 4.90 Å². The normalized spacial score (nSPS) is 11.3. The standard InChI is InChI=1S/C19H17N3O4S2/c1-26-18-8-3-2-7-17(18)22-28(24,25)16-6-4-5-15(11-16)19(23)21-20-12-14-9-10-27-13-14/h2-13,22H,1H3,(H,21,23)/b20-12-. The number of rotatable bonds is 7. The van der Waals surface area contributed by atoms with Crippen molar-refractivity contribution < 1.29 is 17.9 Å². The maximum absolute atomic E-state index is 12.7. The molecular formula is C19H17N3O4S2. The van der Waals surface area contributed by atoms with Gasteiger partial charge in [0.05, 0.1) is 23.9 Å². The number of hydrazone groups is 1. The van der Waals surface area contributed by atoms with E-state index in [1.54, 1.807) is 24.3 Å². The number of thiophene rings is 1. The molecule has 7 nitrogen and oxygen atoms in total. The van der Waals surface area contributed by atoms with Crippen LogP contribution in [0.4, 0.5) is 5.69 Å². The lowest BCUT2D eigenvalue weighted by molar-refractivity contribution is 0.0955. The second kappa shape index (κ2) is 8.68. The Bertz CT molecular complexity index is 1090. The molecule has 28 heavy (non-hydrogen) atoms. The number of hydrogen-bond donors (Lipinski definition) is 2. The molecule has 0 saturated heterocycles. The van der Waals surface area contributed by atoms with Gasteiger partial charge in [0, 0.05) is 11.1 Å². The van der Waals surface area contributed by atoms with E-state index < -0.39 is 15.9 Å². The molecule has 1 aromatic heterocycles. The molecule has 0 aliphatic heterocycles. The number of ether oxygens (including phenoxy) is 1. The minimum Gasteiger partial charge on any atom is -0.495 e. The molecule has 2 aromatic carbocycles. The van der Waals surface area contributed by atoms with Crippen molar-refractivity contribution in [1.29, 1.82) is 0 Å². The molecule has 3 rings (SSSR count). The Morgan fingerprint density at radius 3 is 2.71 bits per heavy atom. The number of nitrogens with zero attached hydrogens (tertiary/aromatic N) is 1. The fourth-order valence-corrected chi connectivity index (χ4v) is 4.04. The van der Waals surface area contributed by atoms with E-state index in [9.17, 15) is 13.2 Å². The zero-order valence-electron chi connectivity index (χ0n) is 14.8. The minimum atomic E-state index is -3.90. The highest BCUT2D eigenvalue weighted by Crippen LogP contribution is 2.26. The molecule has 1 heterocycles. The summed E-state index contributed by atoms with van der Waals surface area (Å²) in [5, 5.41) is 7.65. The monoisotopic (exact) mass is 415 g/mol. The van der Waals surface area contributed by atoms with E-state index in [1.165, 1.54) is 48.9 Å². The molecular weight excluding hydrogens is 398 g/mol. The Labute approximate surface area is 166 Å². The van der Waals surface area contributed by atoms with E-state index in [2.05, 4.69) is 15.2 Å². The van der Waals surface area contributed by atoms with Gasteiger partial charge in [-0.2, -0.15) is 16.4 Å². The number of anilines is 1. The second-order valence-electron chi connectivity index (χ2n) is 5.59. The molecule has 0 bridgehead atoms. The van der Waals surface area contributed by atoms with Gasteiger partial charge in [-0.3, -0.25) is 9.52 Å². The van der Waals surface area contributed by atoms with Crippen molar-refractivity contribution in [2.75, 3.05) is 11.8 Å². The van der Waals surface area contributed by atoms with E-state index in [1.807, 2.05) is 16.8 Å². The molecule has 9 heteroatoms. The Morgan fingerprint density at radius 1 is 1.14 bits per heavy atom. The second-order valence-corrected chi connectivity index (χ2v) is 8.05. The van der Waals surface area contributed by atoms with Crippen molar-refractivity contribution in [3.05, 3.63) is 76.5 Å². The SMILES string of the molecule is COc1ccccc1NS(=O)(=O)c1cccc(C(=O)N/N=C\c2ccsc2)c1. The summed E-state index contributed by atoms with van der Waals surface area (Å²) < 4.78 is 33.0. The third-order valence-electron chi connectivity index (χ3n) is 3.68. The molecule has 0 radical (unpaired) electrons. The Kier molecular flexibility index (Phi) is 6.07. The van der Waals surface area contributed by atoms with Crippen molar-refractivity contribution in [2.24, 2.45) is 5.10 Å². The molecule has 0 atom stereocenters. The van der Waals surface area contributed by atoms with Gasteiger partial charge >= 0.3 is 0 Å². The number of nitrogens with one attached hydrogen (secondary N) is 2. The molecule has 1 amide bonds. The van der Waals surface area contributed by atoms with Crippen LogP contribution in [0, 0.1) is 0 Å². The zero-order valence-corrected chi connectivity index (χ0v) is 16.5. The average Bonchev–Trinajstić information content (AvgIpc) is 3.21. The van der Waals surface area contributed by atoms with E-state index in [4.69, 9.17) is 4.74 Å². The molecule has 0 saturated carbocycles. The summed E-state index contributed by atoms with van der Waals surface area (Å²) in [5.74, 6) is -0.122. The summed E-state index contributed by atoms with van der Waals surface area (Å²) >= 11 is 1.52. The number of benzene rings is 2. The van der Waals surface area contributed by atoms with Gasteiger partial charge in [-0.25, -0.2) is 13.8 Å². The highest BCUT2D eigenvalue weighted by atomic mass is 32.2. The third kappa shape index (κ3) is 4.76. The van der Waals surface area contributed by atoms with E-state index in [0.29, 0.717) is 11.4 Å². The lowest BCUT2D eigenvalue weighted by atomic mass is 10.2. The van der Waals surface area contributed by atoms with E-state index in [0.717, 1.165) is 5.56 Å². The first-order valence-electron chi connectivity index (χ1n) is 8.11. The summed E-state index contributed by atoms with van der Waals surface area (Å²) in [6.45, 7) is 0. The smallest absolute Gasteiger partial charge is 0.271 e. The summed E-state index contributed by atoms with van der Waals surface area (Å²) in [6, 6.07) is 14.2. The first-order valence-corrected chi connectivity index (χ1v) is 10.5. The van der Waals surface area contributed by atoms with Crippen molar-refractivity contribution in [3.63, 3.8) is 0 Å². The van der Waals surface area contributed by atoms with Crippen molar-refractivity contribution >= 4 is 39.2 Å². The first-order chi connectivity index (χ1) is 13.5. The molecule has 0 aliphatic rings. The molecule has 3 aromatic rings. The minimum absolute atomic E-state index is 0.0483. The third-order valence-corrected chi connectivity index (χ3v) is 5.75. The molecule has 0 aliphatic carbocycles. The summed E-state index contributed by atoms with van der Waals surface area (Å²) in [4.78, 5) is 12.2. The highest BCUT2D eigenvalue weighted by molar-refractivity contribution is 7.92. The van der Waals surface area contributed by atoms with Gasteiger partial charge in [0.2, 0.25) is 0 Å². The summed E-state index contributed by atoms with van der Waals surface area (Å²) in [5.41, 5.74) is 3.72. The lowest BCUT2D eigenvalue weighted by Crippen LogP contribution is -2.19. The number of carbonyl (C=O) groups is 1. The van der Waals surface area contributed by atoms with Crippen LogP contribution in [-0.4, -0.2) is 27.6 Å². The molecule has 0 unspecified atom stereocenters. The van der Waals surface area contributed by atoms with Gasteiger partial charge in [-0.15, -0.1) is 0 Å². The number of methoxy groups -OCH3 is 1. The van der Waals surface area contributed by atoms with Gasteiger partial charge < -0.3 is 4.74 Å². The molecule has 2 N–H and O–H groups in total. The Morgan fingerprint density at radius 2 is 1.96 bits per heavy atom. The average molecular weight is 415 g/mol. The largest absolute Gasteiger partial charge is 0.495 e. The van der Waals surface area contributed by atoms with Gasteiger partial charge in [0.25, 0.3) is 15.9 Å². The summed E-state index contributed by atoms with van der Waals surface area (Å²) in [6.07, 6.45) is 1.51. The lowest BCUT2D eigenvalue weighted by Gasteiger charge is -2.12. The van der Waals surface area contributed by atoms with E-state index >= 15 is 0 Å². The van der Waals surface area contributed by atoms with Gasteiger partial charge in [0.15, 0.2) is 0 Å². The zero-order chi connectivity index (χ0) is 20.0. The maximum Gasteiger partial charge on any atom is 0.271 e. The Balaban J connectivity index is 1.77. The highest BCUT2D eigenvalue weighted by Gasteiger charge is 2.18. The maximum atomic E-state index is 12.7. The van der Waals surface area contributed by atoms with Gasteiger partial charge in [-0.1, -0.05) is 18.2 Å². The predicted octanol–water partition coefficient (Wildman–Crippen LogP) is 3.32. The van der Waals surface area contributed by atoms with Crippen LogP contribution >= 0.6 is 11.3 Å². The fraction of sp³-hybridized carbons (Fsp3) is 0.0526. The first kappa shape index (κ1) is 19.6. The van der Waals surface area contributed by atoms with Crippen LogP contribution in [0.5, 0.6) is 5.75 Å². The van der Waals surface area contributed by atoms with Crippen LogP contribution in [0.3, 0.4) is 0 Å². The molecule has 0 spiro atoms. The number of carbonyl (C=O) groups excluding carboxylic acids is 1. The van der Waals surface area contributed by atoms with Crippen LogP contribution in [-0.2, 0) is 10.0 Å². The molecule has 144 valence electrons. The van der Waals surface area contributed by atoms with E-state index in [-0.39, 0.29) is 10.5 Å². The number of hydrogen-bond acceptors (Lipinski definition) is 6. The fourth-order valence-electron chi connectivity index (χ4n) is 2.32. The number of para-hydroxylation sites is 2. The topological polar surface area (TPSA) is 96.9 Å². The number of sulfonamides is 1. The van der Waals surface area contributed by atoms with Gasteiger partial charge in [-0.05, 0) is 47.2 Å². The Hall–Kier alpha value is -3.17. The van der Waals surface area contributed by atoms with Crippen molar-refractivity contribution in [3.8, 4) is 5.75 Å². The van der Waals surface area contributed by atoms with Gasteiger partial charge in [0.1, 0.15) is 5.75 Å². The molecule has 0 fully saturated rings. The predicted molar refractivity (Wildman–Crippen MR) is 110 cm³/mol. The van der Waals surface area contributed by atoms with Crippen LogP contribution in [0.25, 0.3) is 0 Å². The summed E-state index contributed by atoms with van der Waals surface area (Å²) in [7, 11) is -2.45. The quantitative estimate of drug-likeness (QED) is 0.457.